The lowest BCUT2D eigenvalue weighted by atomic mass is 10.1. The summed E-state index contributed by atoms with van der Waals surface area (Å²) < 4.78 is 0. The Labute approximate surface area is 90.4 Å². The molecule has 0 saturated heterocycles. The monoisotopic (exact) mass is 252 g/mol. The average molecular weight is 254 g/mol. The molecule has 1 aliphatic rings. The number of alkyl halides is 3. The summed E-state index contributed by atoms with van der Waals surface area (Å²) in [5, 5.41) is -0.0848. The summed E-state index contributed by atoms with van der Waals surface area (Å²) in [5.74, 6) is 0. The molecule has 0 spiro atoms. The van der Waals surface area contributed by atoms with Gasteiger partial charge in [-0.1, -0.05) is 23.2 Å². The zero-order chi connectivity index (χ0) is 8.59. The third kappa shape index (κ3) is 2.10. The predicted octanol–water partition coefficient (Wildman–Crippen LogP) is 3.90. The molecule has 0 bridgehead atoms. The topological polar surface area (TPSA) is 0 Å². The van der Waals surface area contributed by atoms with E-state index in [0.29, 0.717) is 16.5 Å². The fourth-order valence-electron chi connectivity index (χ4n) is 0.854. The van der Waals surface area contributed by atoms with Crippen molar-refractivity contribution in [3.8, 4) is 0 Å². The molecule has 64 valence electrons. The van der Waals surface area contributed by atoms with Gasteiger partial charge in [0.05, 0.1) is 21.2 Å². The van der Waals surface area contributed by atoms with Crippen molar-refractivity contribution >= 4 is 58.0 Å². The van der Waals surface area contributed by atoms with Gasteiger partial charge in [-0.15, -0.1) is 34.8 Å². The zero-order valence-corrected chi connectivity index (χ0v) is 9.11. The van der Waals surface area contributed by atoms with Crippen LogP contribution in [0.2, 0.25) is 0 Å². The Morgan fingerprint density at radius 2 is 1.64 bits per heavy atom. The Morgan fingerprint density at radius 1 is 1.09 bits per heavy atom. The maximum atomic E-state index is 5.84. The minimum Gasteiger partial charge on any atom is -0.121 e. The smallest absolute Gasteiger partial charge is 0.0881 e. The molecular weight excluding hydrogens is 249 g/mol. The van der Waals surface area contributed by atoms with Crippen molar-refractivity contribution in [3.63, 3.8) is 0 Å². The summed E-state index contributed by atoms with van der Waals surface area (Å²) in [6, 6.07) is 0. The first-order chi connectivity index (χ1) is 5.04. The van der Waals surface area contributed by atoms with Gasteiger partial charge in [-0.25, -0.2) is 0 Å². The summed E-state index contributed by atoms with van der Waals surface area (Å²) in [7, 11) is 0. The summed E-state index contributed by atoms with van der Waals surface area (Å²) in [4.78, 5) is 0. The molecule has 0 heterocycles. The maximum absolute atomic E-state index is 5.84. The van der Waals surface area contributed by atoms with E-state index in [-0.39, 0.29) is 10.8 Å². The van der Waals surface area contributed by atoms with Crippen molar-refractivity contribution in [1.29, 1.82) is 0 Å². The van der Waals surface area contributed by atoms with Crippen molar-refractivity contribution in [2.45, 2.75) is 22.6 Å². The lowest BCUT2D eigenvalue weighted by Gasteiger charge is -2.26. The summed E-state index contributed by atoms with van der Waals surface area (Å²) in [6.45, 7) is 0. The minimum atomic E-state index is -0.456. The van der Waals surface area contributed by atoms with Gasteiger partial charge in [0.25, 0.3) is 0 Å². The standard InChI is InChI=1S/C6H5Cl5/c7-2-1-3(8)5(10)6(11)4(2)9/h2,4,6H,1H2. The summed E-state index contributed by atoms with van der Waals surface area (Å²) in [6.07, 6.45) is 0.499. The van der Waals surface area contributed by atoms with Crippen LogP contribution in [0, 0.1) is 0 Å². The Hall–Kier alpha value is 1.19. The molecule has 0 amide bonds. The Kier molecular flexibility index (Phi) is 3.67. The molecule has 5 heteroatoms. The average Bonchev–Trinajstić information content (AvgIpc) is 1.97. The highest BCUT2D eigenvalue weighted by molar-refractivity contribution is 6.47. The van der Waals surface area contributed by atoms with Crippen LogP contribution in [0.1, 0.15) is 6.42 Å². The fraction of sp³-hybridized carbons (Fsp3) is 0.667. The third-order valence-corrected chi connectivity index (χ3v) is 4.26. The molecule has 0 nitrogen and oxygen atoms in total. The van der Waals surface area contributed by atoms with E-state index in [1.54, 1.807) is 0 Å². The Morgan fingerprint density at radius 3 is 2.18 bits per heavy atom. The van der Waals surface area contributed by atoms with Crippen molar-refractivity contribution in [2.24, 2.45) is 0 Å². The minimum absolute atomic E-state index is 0.228. The number of halogens is 5. The van der Waals surface area contributed by atoms with Crippen molar-refractivity contribution in [3.05, 3.63) is 10.1 Å². The van der Waals surface area contributed by atoms with Crippen LogP contribution in [0.3, 0.4) is 0 Å². The number of hydrogen-bond acceptors (Lipinski definition) is 0. The first-order valence-corrected chi connectivity index (χ1v) is 5.06. The molecule has 11 heavy (non-hydrogen) atoms. The van der Waals surface area contributed by atoms with Gasteiger partial charge in [-0.05, 0) is 0 Å². The normalized spacial score (nSPS) is 39.5. The number of hydrogen-bond donors (Lipinski definition) is 0. The molecule has 3 unspecified atom stereocenters. The molecule has 0 aromatic rings. The quantitative estimate of drug-likeness (QED) is 0.575. The second kappa shape index (κ2) is 3.93. The second-order valence-electron chi connectivity index (χ2n) is 2.32. The molecule has 0 aromatic carbocycles. The zero-order valence-electron chi connectivity index (χ0n) is 5.33. The van der Waals surface area contributed by atoms with E-state index in [0.717, 1.165) is 0 Å². The molecular formula is C6H5Cl5. The highest BCUT2D eigenvalue weighted by Crippen LogP contribution is 2.38. The van der Waals surface area contributed by atoms with Crippen molar-refractivity contribution in [1.82, 2.24) is 0 Å². The molecule has 0 saturated carbocycles. The van der Waals surface area contributed by atoms with Gasteiger partial charge in [0.1, 0.15) is 0 Å². The maximum Gasteiger partial charge on any atom is 0.0881 e. The van der Waals surface area contributed by atoms with Crippen LogP contribution in [-0.2, 0) is 0 Å². The summed E-state index contributed by atoms with van der Waals surface area (Å²) >= 11 is 29.0. The SMILES string of the molecule is ClC1=C(Cl)C(Cl)C(Cl)C(Cl)C1. The number of rotatable bonds is 0. The largest absolute Gasteiger partial charge is 0.121 e. The van der Waals surface area contributed by atoms with E-state index >= 15 is 0 Å². The first-order valence-electron chi connectivity index (χ1n) is 3.00. The van der Waals surface area contributed by atoms with Crippen LogP contribution < -0.4 is 0 Å². The van der Waals surface area contributed by atoms with E-state index in [9.17, 15) is 0 Å². The molecule has 0 aliphatic heterocycles. The second-order valence-corrected chi connectivity index (χ2v) is 4.72. The van der Waals surface area contributed by atoms with Gasteiger partial charge in [0.2, 0.25) is 0 Å². The van der Waals surface area contributed by atoms with Crippen LogP contribution in [0.4, 0.5) is 0 Å². The van der Waals surface area contributed by atoms with Gasteiger partial charge in [-0.3, -0.25) is 0 Å². The van der Waals surface area contributed by atoms with Crippen molar-refractivity contribution < 1.29 is 0 Å². The molecule has 0 N–H and O–H groups in total. The fourth-order valence-corrected chi connectivity index (χ4v) is 2.45. The van der Waals surface area contributed by atoms with Gasteiger partial charge in [0, 0.05) is 11.5 Å². The van der Waals surface area contributed by atoms with Crippen LogP contribution in [-0.4, -0.2) is 16.1 Å². The highest BCUT2D eigenvalue weighted by atomic mass is 35.5. The van der Waals surface area contributed by atoms with Crippen LogP contribution >= 0.6 is 58.0 Å². The lowest BCUT2D eigenvalue weighted by molar-refractivity contribution is 0.737. The van der Waals surface area contributed by atoms with E-state index in [1.165, 1.54) is 0 Å². The number of allylic oxidation sites excluding steroid dienone is 2. The summed E-state index contributed by atoms with van der Waals surface area (Å²) in [5.41, 5.74) is 0. The third-order valence-electron chi connectivity index (χ3n) is 1.50. The van der Waals surface area contributed by atoms with Crippen LogP contribution in [0.5, 0.6) is 0 Å². The predicted molar refractivity (Wildman–Crippen MR) is 52.3 cm³/mol. The van der Waals surface area contributed by atoms with Crippen molar-refractivity contribution in [2.75, 3.05) is 0 Å². The van der Waals surface area contributed by atoms with E-state index < -0.39 is 5.38 Å². The van der Waals surface area contributed by atoms with E-state index in [4.69, 9.17) is 58.0 Å². The molecule has 0 radical (unpaired) electrons. The Bertz CT molecular complexity index is 187. The van der Waals surface area contributed by atoms with Gasteiger partial charge < -0.3 is 0 Å². The molecule has 1 aliphatic carbocycles. The highest BCUT2D eigenvalue weighted by Gasteiger charge is 2.33. The van der Waals surface area contributed by atoms with Gasteiger partial charge >= 0.3 is 0 Å². The molecule has 3 atom stereocenters. The van der Waals surface area contributed by atoms with E-state index in [1.807, 2.05) is 0 Å². The van der Waals surface area contributed by atoms with E-state index in [2.05, 4.69) is 0 Å². The molecule has 0 aromatic heterocycles. The Balaban J connectivity index is 2.86. The van der Waals surface area contributed by atoms with Crippen LogP contribution in [0.15, 0.2) is 10.1 Å². The van der Waals surface area contributed by atoms with Gasteiger partial charge in [-0.2, -0.15) is 0 Å². The van der Waals surface area contributed by atoms with Crippen LogP contribution in [0.25, 0.3) is 0 Å². The first kappa shape index (κ1) is 10.3. The lowest BCUT2D eigenvalue weighted by Crippen LogP contribution is -2.30. The molecule has 1 rings (SSSR count). The van der Waals surface area contributed by atoms with Gasteiger partial charge in [0.15, 0.2) is 0 Å². The molecule has 0 fully saturated rings.